The summed E-state index contributed by atoms with van der Waals surface area (Å²) in [4.78, 5) is 12.3. The molecule has 5 heteroatoms. The summed E-state index contributed by atoms with van der Waals surface area (Å²) in [7, 11) is 0. The second-order valence-electron chi connectivity index (χ2n) is 4.91. The molecular weight excluding hydrogens is 264 g/mol. The minimum absolute atomic E-state index is 0.0696. The number of hydrogen-bond donors (Lipinski definition) is 1. The first kappa shape index (κ1) is 13.0. The zero-order valence-corrected chi connectivity index (χ0v) is 10.6. The molecule has 2 aromatic rings. The van der Waals surface area contributed by atoms with E-state index in [1.54, 1.807) is 10.6 Å². The van der Waals surface area contributed by atoms with Crippen LogP contribution in [0.25, 0.3) is 0 Å². The third-order valence-corrected chi connectivity index (χ3v) is 3.66. The highest BCUT2D eigenvalue weighted by Gasteiger charge is 2.22. The molecule has 0 amide bonds. The predicted molar refractivity (Wildman–Crippen MR) is 69.4 cm³/mol. The lowest BCUT2D eigenvalue weighted by Gasteiger charge is -2.14. The highest BCUT2D eigenvalue weighted by Crippen LogP contribution is 2.24. The van der Waals surface area contributed by atoms with Gasteiger partial charge in [-0.15, -0.1) is 0 Å². The van der Waals surface area contributed by atoms with Crippen LogP contribution in [0.2, 0.25) is 0 Å². The van der Waals surface area contributed by atoms with Gasteiger partial charge in [-0.25, -0.2) is 8.78 Å². The number of nitrogens with zero attached hydrogens (tertiary/aromatic N) is 1. The Morgan fingerprint density at radius 2 is 1.95 bits per heavy atom. The largest absolute Gasteiger partial charge is 0.383 e. The Kier molecular flexibility index (Phi) is 3.14. The van der Waals surface area contributed by atoms with Gasteiger partial charge in [0, 0.05) is 17.8 Å². The van der Waals surface area contributed by atoms with Crippen molar-refractivity contribution in [3.8, 4) is 0 Å². The molecule has 0 saturated carbocycles. The zero-order valence-electron chi connectivity index (χ0n) is 10.6. The summed E-state index contributed by atoms with van der Waals surface area (Å²) >= 11 is 0. The average Bonchev–Trinajstić information content (AvgIpc) is 2.90. The number of pyridine rings is 1. The zero-order chi connectivity index (χ0) is 14.3. The van der Waals surface area contributed by atoms with E-state index in [1.165, 1.54) is 6.07 Å². The van der Waals surface area contributed by atoms with Crippen LogP contribution in [0.4, 0.5) is 8.78 Å². The van der Waals surface area contributed by atoms with E-state index < -0.39 is 17.7 Å². The Morgan fingerprint density at radius 3 is 2.75 bits per heavy atom. The van der Waals surface area contributed by atoms with Crippen molar-refractivity contribution in [1.29, 1.82) is 0 Å². The second kappa shape index (κ2) is 4.83. The van der Waals surface area contributed by atoms with Crippen molar-refractivity contribution < 1.29 is 13.9 Å². The first-order valence-electron chi connectivity index (χ1n) is 6.43. The number of rotatable bonds is 2. The summed E-state index contributed by atoms with van der Waals surface area (Å²) in [5.41, 5.74) is 0.419. The van der Waals surface area contributed by atoms with E-state index in [2.05, 4.69) is 0 Å². The molecule has 1 aromatic heterocycles. The van der Waals surface area contributed by atoms with Gasteiger partial charge in [0.15, 0.2) is 0 Å². The van der Waals surface area contributed by atoms with Crippen LogP contribution in [0.3, 0.4) is 0 Å². The molecule has 1 aliphatic rings. The van der Waals surface area contributed by atoms with Crippen LogP contribution < -0.4 is 5.56 Å². The van der Waals surface area contributed by atoms with Gasteiger partial charge in [0.2, 0.25) is 0 Å². The molecule has 1 atom stereocenters. The van der Waals surface area contributed by atoms with Gasteiger partial charge >= 0.3 is 0 Å². The van der Waals surface area contributed by atoms with Crippen molar-refractivity contribution in [3.05, 3.63) is 69.1 Å². The molecule has 0 bridgehead atoms. The normalized spacial score (nSPS) is 15.2. The van der Waals surface area contributed by atoms with Crippen LogP contribution in [0, 0.1) is 11.6 Å². The van der Waals surface area contributed by atoms with E-state index in [-0.39, 0.29) is 16.7 Å². The van der Waals surface area contributed by atoms with Crippen molar-refractivity contribution >= 4 is 0 Å². The Hall–Kier alpha value is -2.01. The summed E-state index contributed by atoms with van der Waals surface area (Å²) in [6.07, 6.45) is 0.236. The SMILES string of the molecule is O=c1c(C(O)c2cc(F)ccc2F)ccc2n1CCC2. The lowest BCUT2D eigenvalue weighted by atomic mass is 10.0. The third-order valence-electron chi connectivity index (χ3n) is 3.66. The molecule has 1 aromatic carbocycles. The maximum Gasteiger partial charge on any atom is 0.256 e. The molecule has 1 aliphatic heterocycles. The second-order valence-corrected chi connectivity index (χ2v) is 4.91. The summed E-state index contributed by atoms with van der Waals surface area (Å²) in [5.74, 6) is -1.38. The minimum atomic E-state index is -1.46. The molecule has 0 saturated heterocycles. The Labute approximate surface area is 114 Å². The van der Waals surface area contributed by atoms with Crippen LogP contribution >= 0.6 is 0 Å². The number of aromatic nitrogens is 1. The molecule has 0 radical (unpaired) electrons. The summed E-state index contributed by atoms with van der Waals surface area (Å²) in [5, 5.41) is 10.2. The number of aliphatic hydroxyl groups excluding tert-OH is 1. The molecule has 3 nitrogen and oxygen atoms in total. The quantitative estimate of drug-likeness (QED) is 0.914. The van der Waals surface area contributed by atoms with E-state index in [0.717, 1.165) is 36.7 Å². The number of halogens is 2. The van der Waals surface area contributed by atoms with E-state index in [1.807, 2.05) is 0 Å². The lowest BCUT2D eigenvalue weighted by Crippen LogP contribution is -2.25. The Morgan fingerprint density at radius 1 is 1.15 bits per heavy atom. The summed E-state index contributed by atoms with van der Waals surface area (Å²) in [6, 6.07) is 6.08. The number of aryl methyl sites for hydroxylation is 1. The molecule has 0 spiro atoms. The van der Waals surface area contributed by atoms with Gasteiger partial charge in [-0.05, 0) is 43.2 Å². The van der Waals surface area contributed by atoms with E-state index >= 15 is 0 Å². The van der Waals surface area contributed by atoms with Crippen molar-refractivity contribution in [2.75, 3.05) is 0 Å². The van der Waals surface area contributed by atoms with Gasteiger partial charge in [-0.3, -0.25) is 4.79 Å². The minimum Gasteiger partial charge on any atom is -0.383 e. The summed E-state index contributed by atoms with van der Waals surface area (Å²) in [6.45, 7) is 0.598. The molecule has 20 heavy (non-hydrogen) atoms. The molecule has 0 fully saturated rings. The van der Waals surface area contributed by atoms with E-state index in [9.17, 15) is 18.7 Å². The fraction of sp³-hybridized carbons (Fsp3) is 0.267. The maximum atomic E-state index is 13.7. The van der Waals surface area contributed by atoms with Gasteiger partial charge < -0.3 is 9.67 Å². The maximum absolute atomic E-state index is 13.7. The van der Waals surface area contributed by atoms with E-state index in [4.69, 9.17) is 0 Å². The van der Waals surface area contributed by atoms with Crippen LogP contribution in [0.1, 0.15) is 29.3 Å². The standard InChI is InChI=1S/C15H13F2NO2/c16-9-3-6-13(17)12(8-9)14(19)11-5-4-10-2-1-7-18(10)15(11)20/h3-6,8,14,19H,1-2,7H2. The van der Waals surface area contributed by atoms with Gasteiger partial charge in [-0.2, -0.15) is 0 Å². The van der Waals surface area contributed by atoms with Crippen molar-refractivity contribution in [3.63, 3.8) is 0 Å². The van der Waals surface area contributed by atoms with Crippen molar-refractivity contribution in [2.45, 2.75) is 25.5 Å². The van der Waals surface area contributed by atoms with Gasteiger partial charge in [0.1, 0.15) is 17.7 Å². The predicted octanol–water partition coefficient (Wildman–Crippen LogP) is 2.15. The number of hydrogen-bond acceptors (Lipinski definition) is 2. The molecule has 0 aliphatic carbocycles. The molecule has 1 N–H and O–H groups in total. The highest BCUT2D eigenvalue weighted by molar-refractivity contribution is 5.31. The Balaban J connectivity index is 2.09. The van der Waals surface area contributed by atoms with Gasteiger partial charge in [0.05, 0.1) is 5.56 Å². The first-order chi connectivity index (χ1) is 9.58. The van der Waals surface area contributed by atoms with Crippen molar-refractivity contribution in [1.82, 2.24) is 4.57 Å². The number of benzene rings is 1. The van der Waals surface area contributed by atoms with Crippen LogP contribution in [0.15, 0.2) is 35.1 Å². The molecule has 3 rings (SSSR count). The lowest BCUT2D eigenvalue weighted by molar-refractivity contribution is 0.212. The summed E-state index contributed by atoms with van der Waals surface area (Å²) < 4.78 is 28.4. The van der Waals surface area contributed by atoms with Gasteiger partial charge in [0.25, 0.3) is 5.56 Å². The van der Waals surface area contributed by atoms with Gasteiger partial charge in [-0.1, -0.05) is 0 Å². The van der Waals surface area contributed by atoms with Crippen LogP contribution in [-0.4, -0.2) is 9.67 Å². The van der Waals surface area contributed by atoms with Crippen molar-refractivity contribution in [2.24, 2.45) is 0 Å². The molecule has 1 unspecified atom stereocenters. The number of fused-ring (bicyclic) bond motifs is 1. The first-order valence-corrected chi connectivity index (χ1v) is 6.43. The molecule has 2 heterocycles. The topological polar surface area (TPSA) is 42.2 Å². The fourth-order valence-corrected chi connectivity index (χ4v) is 2.62. The third kappa shape index (κ3) is 2.04. The van der Waals surface area contributed by atoms with Crippen LogP contribution in [0.5, 0.6) is 0 Å². The molecular formula is C15H13F2NO2. The van der Waals surface area contributed by atoms with Crippen LogP contribution in [-0.2, 0) is 13.0 Å². The van der Waals surface area contributed by atoms with E-state index in [0.29, 0.717) is 6.54 Å². The average molecular weight is 277 g/mol. The monoisotopic (exact) mass is 277 g/mol. The Bertz CT molecular complexity index is 724. The smallest absolute Gasteiger partial charge is 0.256 e. The number of aliphatic hydroxyl groups is 1. The molecule has 104 valence electrons. The fourth-order valence-electron chi connectivity index (χ4n) is 2.62. The highest BCUT2D eigenvalue weighted by atomic mass is 19.1.